The standard InChI is InChI=1S/C26H34N4O3S2.ClH/c1-19-10-15-23-24(18-19)34-26(27-23)30(17-16-28(2)3)25(31)20-11-13-22(14-12-20)35(32,33)29(4)21-8-6-5-7-9-21;/h10-15,18,21H,5-9,16-17H2,1-4H3;1H. The highest BCUT2D eigenvalue weighted by molar-refractivity contribution is 7.89. The molecule has 2 aromatic carbocycles. The molecule has 1 amide bonds. The summed E-state index contributed by atoms with van der Waals surface area (Å²) >= 11 is 1.49. The highest BCUT2D eigenvalue weighted by Crippen LogP contribution is 2.31. The number of anilines is 1. The van der Waals surface area contributed by atoms with Gasteiger partial charge in [-0.1, -0.05) is 36.7 Å². The Hall–Kier alpha value is -2.04. The van der Waals surface area contributed by atoms with Gasteiger partial charge >= 0.3 is 0 Å². The lowest BCUT2D eigenvalue weighted by molar-refractivity contribution is 0.0985. The van der Waals surface area contributed by atoms with E-state index in [2.05, 4.69) is 6.07 Å². The Kier molecular flexibility index (Phi) is 9.51. The summed E-state index contributed by atoms with van der Waals surface area (Å²) in [6.07, 6.45) is 5.08. The van der Waals surface area contributed by atoms with Crippen molar-refractivity contribution in [3.05, 3.63) is 53.6 Å². The predicted octanol–water partition coefficient (Wildman–Crippen LogP) is 5.19. The number of fused-ring (bicyclic) bond motifs is 1. The second kappa shape index (κ2) is 12.0. The normalized spacial score (nSPS) is 14.8. The molecule has 0 unspecified atom stereocenters. The number of benzene rings is 2. The predicted molar refractivity (Wildman–Crippen MR) is 150 cm³/mol. The van der Waals surface area contributed by atoms with Crippen LogP contribution in [0.25, 0.3) is 10.2 Å². The number of hydrogen-bond acceptors (Lipinski definition) is 6. The molecule has 36 heavy (non-hydrogen) atoms. The zero-order valence-corrected chi connectivity index (χ0v) is 23.8. The summed E-state index contributed by atoms with van der Waals surface area (Å²) in [4.78, 5) is 22.2. The minimum absolute atomic E-state index is 0. The van der Waals surface area contributed by atoms with Gasteiger partial charge in [0.15, 0.2) is 5.13 Å². The highest BCUT2D eigenvalue weighted by atomic mass is 35.5. The Balaban J connectivity index is 0.00000361. The van der Waals surface area contributed by atoms with Crippen LogP contribution >= 0.6 is 23.7 Å². The van der Waals surface area contributed by atoms with Gasteiger partial charge in [-0.15, -0.1) is 12.4 Å². The lowest BCUT2D eigenvalue weighted by Crippen LogP contribution is -2.38. The minimum atomic E-state index is -3.60. The lowest BCUT2D eigenvalue weighted by atomic mass is 9.96. The van der Waals surface area contributed by atoms with Gasteiger partial charge in [-0.2, -0.15) is 4.31 Å². The molecule has 0 bridgehead atoms. The van der Waals surface area contributed by atoms with Gasteiger partial charge in [-0.25, -0.2) is 13.4 Å². The average molecular weight is 551 g/mol. The highest BCUT2D eigenvalue weighted by Gasteiger charge is 2.29. The smallest absolute Gasteiger partial charge is 0.260 e. The molecule has 1 aromatic heterocycles. The summed E-state index contributed by atoms with van der Waals surface area (Å²) < 4.78 is 28.9. The topological polar surface area (TPSA) is 73.8 Å². The molecule has 10 heteroatoms. The largest absolute Gasteiger partial charge is 0.308 e. The van der Waals surface area contributed by atoms with Gasteiger partial charge < -0.3 is 4.90 Å². The van der Waals surface area contributed by atoms with Crippen LogP contribution in [-0.2, 0) is 10.0 Å². The van der Waals surface area contributed by atoms with Crippen LogP contribution < -0.4 is 4.90 Å². The first-order valence-electron chi connectivity index (χ1n) is 12.1. The van der Waals surface area contributed by atoms with E-state index >= 15 is 0 Å². The number of carbonyl (C=O) groups excluding carboxylic acids is 1. The van der Waals surface area contributed by atoms with Crippen LogP contribution in [-0.4, -0.2) is 68.8 Å². The van der Waals surface area contributed by atoms with Crippen LogP contribution in [0.15, 0.2) is 47.4 Å². The van der Waals surface area contributed by atoms with Crippen molar-refractivity contribution in [3.8, 4) is 0 Å². The van der Waals surface area contributed by atoms with Crippen molar-refractivity contribution < 1.29 is 13.2 Å². The number of aromatic nitrogens is 1. The van der Waals surface area contributed by atoms with Crippen LogP contribution in [0.2, 0.25) is 0 Å². The average Bonchev–Trinajstić information content (AvgIpc) is 3.26. The summed E-state index contributed by atoms with van der Waals surface area (Å²) in [5.74, 6) is -0.188. The number of hydrogen-bond donors (Lipinski definition) is 0. The molecular weight excluding hydrogens is 516 g/mol. The van der Waals surface area contributed by atoms with Gasteiger partial charge in [0.1, 0.15) is 0 Å². The number of rotatable bonds is 8. The Labute approximate surface area is 224 Å². The third-order valence-electron chi connectivity index (χ3n) is 6.65. The van der Waals surface area contributed by atoms with E-state index in [1.807, 2.05) is 38.1 Å². The SMILES string of the molecule is Cc1ccc2nc(N(CCN(C)C)C(=O)c3ccc(S(=O)(=O)N(C)C4CCCCC4)cc3)sc2c1.Cl. The first-order chi connectivity index (χ1) is 16.7. The Morgan fingerprint density at radius 1 is 1.00 bits per heavy atom. The molecule has 196 valence electrons. The van der Waals surface area contributed by atoms with Crippen LogP contribution in [0.1, 0.15) is 48.0 Å². The number of likely N-dealkylation sites (N-methyl/N-ethyl adjacent to an activating group) is 1. The first-order valence-corrected chi connectivity index (χ1v) is 14.3. The quantitative estimate of drug-likeness (QED) is 0.386. The summed E-state index contributed by atoms with van der Waals surface area (Å²) in [5.41, 5.74) is 2.46. The lowest BCUT2D eigenvalue weighted by Gasteiger charge is -2.30. The molecule has 1 heterocycles. The summed E-state index contributed by atoms with van der Waals surface area (Å²) in [5, 5.41) is 0.645. The van der Waals surface area contributed by atoms with Gasteiger partial charge in [0, 0.05) is 31.7 Å². The second-order valence-corrected chi connectivity index (χ2v) is 12.6. The molecule has 7 nitrogen and oxygen atoms in total. The van der Waals surface area contributed by atoms with E-state index in [1.165, 1.54) is 22.1 Å². The molecule has 0 saturated heterocycles. The fourth-order valence-electron chi connectivity index (χ4n) is 4.45. The summed E-state index contributed by atoms with van der Waals surface area (Å²) in [6.45, 7) is 3.20. The van der Waals surface area contributed by atoms with E-state index in [-0.39, 0.29) is 29.3 Å². The van der Waals surface area contributed by atoms with Gasteiger partial charge in [0.25, 0.3) is 5.91 Å². The van der Waals surface area contributed by atoms with Crippen molar-refractivity contribution in [2.24, 2.45) is 0 Å². The Morgan fingerprint density at radius 3 is 2.31 bits per heavy atom. The van der Waals surface area contributed by atoms with Crippen molar-refractivity contribution in [2.75, 3.05) is 39.1 Å². The first kappa shape index (κ1) is 28.5. The number of nitrogens with zero attached hydrogens (tertiary/aromatic N) is 4. The van der Waals surface area contributed by atoms with Crippen molar-refractivity contribution in [3.63, 3.8) is 0 Å². The summed E-state index contributed by atoms with van der Waals surface area (Å²) in [7, 11) is 1.99. The number of halogens is 1. The second-order valence-electron chi connectivity index (χ2n) is 9.57. The van der Waals surface area contributed by atoms with Crippen LogP contribution in [0.4, 0.5) is 5.13 Å². The van der Waals surface area contributed by atoms with Crippen molar-refractivity contribution in [1.29, 1.82) is 0 Å². The van der Waals surface area contributed by atoms with E-state index in [4.69, 9.17) is 4.98 Å². The molecule has 0 atom stereocenters. The molecule has 0 N–H and O–H groups in total. The van der Waals surface area contributed by atoms with Crippen molar-refractivity contribution in [2.45, 2.75) is 50.0 Å². The van der Waals surface area contributed by atoms with Gasteiger partial charge in [0.05, 0.1) is 15.1 Å². The van der Waals surface area contributed by atoms with Gasteiger partial charge in [-0.3, -0.25) is 9.69 Å². The van der Waals surface area contributed by atoms with Crippen molar-refractivity contribution in [1.82, 2.24) is 14.2 Å². The number of amides is 1. The monoisotopic (exact) mass is 550 g/mol. The molecule has 4 rings (SSSR count). The minimum Gasteiger partial charge on any atom is -0.308 e. The molecule has 1 fully saturated rings. The zero-order valence-electron chi connectivity index (χ0n) is 21.3. The molecule has 0 radical (unpaired) electrons. The van der Waals surface area contributed by atoms with E-state index in [9.17, 15) is 13.2 Å². The Bertz CT molecular complexity index is 1290. The maximum Gasteiger partial charge on any atom is 0.260 e. The molecule has 1 aliphatic rings. The zero-order chi connectivity index (χ0) is 25.2. The van der Waals surface area contributed by atoms with E-state index in [0.717, 1.165) is 41.5 Å². The molecular formula is C26H35ClN4O3S2. The van der Waals surface area contributed by atoms with Gasteiger partial charge in [0.2, 0.25) is 10.0 Å². The third kappa shape index (κ3) is 6.26. The van der Waals surface area contributed by atoms with E-state index in [1.54, 1.807) is 36.2 Å². The number of thiazole rings is 1. The molecule has 0 aliphatic heterocycles. The maximum atomic E-state index is 13.6. The van der Waals surface area contributed by atoms with Crippen LogP contribution in [0.5, 0.6) is 0 Å². The number of aryl methyl sites for hydroxylation is 1. The fourth-order valence-corrected chi connectivity index (χ4v) is 6.96. The van der Waals surface area contributed by atoms with E-state index in [0.29, 0.717) is 23.8 Å². The Morgan fingerprint density at radius 2 is 1.67 bits per heavy atom. The van der Waals surface area contributed by atoms with Gasteiger partial charge in [-0.05, 0) is 75.8 Å². The van der Waals surface area contributed by atoms with Crippen LogP contribution in [0.3, 0.4) is 0 Å². The molecule has 1 saturated carbocycles. The summed E-state index contributed by atoms with van der Waals surface area (Å²) in [6, 6.07) is 12.4. The van der Waals surface area contributed by atoms with Crippen molar-refractivity contribution >= 4 is 55.0 Å². The molecule has 3 aromatic rings. The fraction of sp³-hybridized carbons (Fsp3) is 0.462. The maximum absolute atomic E-state index is 13.6. The third-order valence-corrected chi connectivity index (χ3v) is 9.61. The van der Waals surface area contributed by atoms with Crippen LogP contribution in [0, 0.1) is 6.92 Å². The molecule has 1 aliphatic carbocycles. The number of carbonyl (C=O) groups is 1. The van der Waals surface area contributed by atoms with E-state index < -0.39 is 10.0 Å². The molecule has 0 spiro atoms. The number of sulfonamides is 1.